The summed E-state index contributed by atoms with van der Waals surface area (Å²) in [5.41, 5.74) is 6.33. The van der Waals surface area contributed by atoms with Gasteiger partial charge in [-0.15, -0.1) is 0 Å². The van der Waals surface area contributed by atoms with Crippen molar-refractivity contribution in [1.82, 2.24) is 0 Å². The molecule has 0 amide bonds. The SMILES string of the molecule is CCOc1cccc(Oc2ccc(N)cc2)c1. The molecule has 0 fully saturated rings. The number of hydrogen-bond donors (Lipinski definition) is 1. The van der Waals surface area contributed by atoms with E-state index >= 15 is 0 Å². The lowest BCUT2D eigenvalue weighted by atomic mass is 10.3. The van der Waals surface area contributed by atoms with Crippen LogP contribution in [0.15, 0.2) is 48.5 Å². The average molecular weight is 229 g/mol. The number of anilines is 1. The molecule has 3 heteroatoms. The fourth-order valence-corrected chi connectivity index (χ4v) is 1.47. The summed E-state index contributed by atoms with van der Waals surface area (Å²) in [6, 6.07) is 14.8. The maximum atomic E-state index is 5.68. The summed E-state index contributed by atoms with van der Waals surface area (Å²) >= 11 is 0. The van der Waals surface area contributed by atoms with Gasteiger partial charge in [0.2, 0.25) is 0 Å². The molecule has 0 aliphatic heterocycles. The van der Waals surface area contributed by atoms with Crippen LogP contribution in [0, 0.1) is 0 Å². The smallest absolute Gasteiger partial charge is 0.131 e. The molecule has 0 atom stereocenters. The van der Waals surface area contributed by atoms with Gasteiger partial charge in [0.15, 0.2) is 0 Å². The Bertz CT molecular complexity index is 480. The molecule has 0 aliphatic rings. The highest BCUT2D eigenvalue weighted by Gasteiger charge is 1.99. The molecule has 0 aromatic heterocycles. The van der Waals surface area contributed by atoms with Gasteiger partial charge in [0.05, 0.1) is 6.61 Å². The molecule has 3 nitrogen and oxygen atoms in total. The third-order valence-electron chi connectivity index (χ3n) is 2.23. The summed E-state index contributed by atoms with van der Waals surface area (Å²) in [6.07, 6.45) is 0. The highest BCUT2D eigenvalue weighted by Crippen LogP contribution is 2.25. The number of nitrogens with two attached hydrogens (primary N) is 1. The lowest BCUT2D eigenvalue weighted by Crippen LogP contribution is -1.92. The summed E-state index contributed by atoms with van der Waals surface area (Å²) in [7, 11) is 0. The Labute approximate surface area is 101 Å². The van der Waals surface area contributed by atoms with Crippen LogP contribution in [0.3, 0.4) is 0 Å². The second kappa shape index (κ2) is 5.25. The molecule has 0 saturated carbocycles. The van der Waals surface area contributed by atoms with Gasteiger partial charge >= 0.3 is 0 Å². The van der Waals surface area contributed by atoms with Crippen LogP contribution in [-0.2, 0) is 0 Å². The van der Waals surface area contributed by atoms with E-state index in [0.717, 1.165) is 22.9 Å². The zero-order valence-electron chi connectivity index (χ0n) is 9.72. The van der Waals surface area contributed by atoms with Gasteiger partial charge < -0.3 is 15.2 Å². The molecule has 0 bridgehead atoms. The molecular formula is C14H15NO2. The lowest BCUT2D eigenvalue weighted by Gasteiger charge is -2.08. The average Bonchev–Trinajstić information content (AvgIpc) is 2.33. The molecule has 0 radical (unpaired) electrons. The van der Waals surface area contributed by atoms with Crippen molar-refractivity contribution in [3.63, 3.8) is 0 Å². The van der Waals surface area contributed by atoms with Crippen LogP contribution < -0.4 is 15.2 Å². The summed E-state index contributed by atoms with van der Waals surface area (Å²) in [5, 5.41) is 0. The van der Waals surface area contributed by atoms with Gasteiger partial charge in [0, 0.05) is 11.8 Å². The Kier molecular flexibility index (Phi) is 3.50. The number of benzene rings is 2. The third-order valence-corrected chi connectivity index (χ3v) is 2.23. The minimum Gasteiger partial charge on any atom is -0.494 e. The molecule has 0 spiro atoms. The zero-order chi connectivity index (χ0) is 12.1. The largest absolute Gasteiger partial charge is 0.494 e. The fourth-order valence-electron chi connectivity index (χ4n) is 1.47. The van der Waals surface area contributed by atoms with E-state index in [1.54, 1.807) is 0 Å². The second-order valence-corrected chi connectivity index (χ2v) is 3.58. The van der Waals surface area contributed by atoms with Gasteiger partial charge in [-0.2, -0.15) is 0 Å². The minimum atomic E-state index is 0.644. The molecule has 0 heterocycles. The van der Waals surface area contributed by atoms with Crippen molar-refractivity contribution in [2.45, 2.75) is 6.92 Å². The molecule has 2 N–H and O–H groups in total. The van der Waals surface area contributed by atoms with Gasteiger partial charge in [-0.05, 0) is 43.3 Å². The fraction of sp³-hybridized carbons (Fsp3) is 0.143. The molecule has 88 valence electrons. The van der Waals surface area contributed by atoms with Gasteiger partial charge in [-0.1, -0.05) is 6.07 Å². The highest BCUT2D eigenvalue weighted by atomic mass is 16.5. The first-order valence-electron chi connectivity index (χ1n) is 5.54. The van der Waals surface area contributed by atoms with E-state index in [-0.39, 0.29) is 0 Å². The number of hydrogen-bond acceptors (Lipinski definition) is 3. The standard InChI is InChI=1S/C14H15NO2/c1-2-16-13-4-3-5-14(10-13)17-12-8-6-11(15)7-9-12/h3-10H,2,15H2,1H3. The first kappa shape index (κ1) is 11.3. The monoisotopic (exact) mass is 229 g/mol. The molecule has 2 aromatic carbocycles. The minimum absolute atomic E-state index is 0.644. The van der Waals surface area contributed by atoms with Crippen molar-refractivity contribution in [2.75, 3.05) is 12.3 Å². The number of ether oxygens (including phenoxy) is 2. The zero-order valence-corrected chi connectivity index (χ0v) is 9.72. The highest BCUT2D eigenvalue weighted by molar-refractivity contribution is 5.43. The summed E-state index contributed by atoms with van der Waals surface area (Å²) in [5.74, 6) is 2.31. The van der Waals surface area contributed by atoms with E-state index in [2.05, 4.69) is 0 Å². The van der Waals surface area contributed by atoms with Crippen LogP contribution >= 0.6 is 0 Å². The van der Waals surface area contributed by atoms with Crippen LogP contribution in [0.4, 0.5) is 5.69 Å². The van der Waals surface area contributed by atoms with E-state index in [0.29, 0.717) is 6.61 Å². The van der Waals surface area contributed by atoms with Crippen molar-refractivity contribution < 1.29 is 9.47 Å². The molecule has 0 aliphatic carbocycles. The quantitative estimate of drug-likeness (QED) is 0.816. The Morgan fingerprint density at radius 1 is 0.941 bits per heavy atom. The van der Waals surface area contributed by atoms with E-state index in [1.165, 1.54) is 0 Å². The topological polar surface area (TPSA) is 44.5 Å². The summed E-state index contributed by atoms with van der Waals surface area (Å²) in [6.45, 7) is 2.60. The Morgan fingerprint density at radius 2 is 1.65 bits per heavy atom. The third kappa shape index (κ3) is 3.14. The predicted molar refractivity (Wildman–Crippen MR) is 68.5 cm³/mol. The lowest BCUT2D eigenvalue weighted by molar-refractivity contribution is 0.338. The van der Waals surface area contributed by atoms with Crippen LogP contribution in [0.25, 0.3) is 0 Å². The molecule has 2 rings (SSSR count). The van der Waals surface area contributed by atoms with E-state index in [4.69, 9.17) is 15.2 Å². The van der Waals surface area contributed by atoms with E-state index in [9.17, 15) is 0 Å². The van der Waals surface area contributed by atoms with Crippen LogP contribution in [-0.4, -0.2) is 6.61 Å². The molecule has 0 saturated heterocycles. The first-order valence-corrected chi connectivity index (χ1v) is 5.54. The Hall–Kier alpha value is -2.16. The molecule has 17 heavy (non-hydrogen) atoms. The summed E-state index contributed by atoms with van der Waals surface area (Å²) < 4.78 is 11.1. The Balaban J connectivity index is 2.12. The van der Waals surface area contributed by atoms with Crippen LogP contribution in [0.5, 0.6) is 17.2 Å². The predicted octanol–water partition coefficient (Wildman–Crippen LogP) is 3.46. The van der Waals surface area contributed by atoms with Gasteiger partial charge in [-0.25, -0.2) is 0 Å². The maximum Gasteiger partial charge on any atom is 0.131 e. The van der Waals surface area contributed by atoms with Crippen molar-refractivity contribution in [3.8, 4) is 17.2 Å². The van der Waals surface area contributed by atoms with Crippen molar-refractivity contribution >= 4 is 5.69 Å². The van der Waals surface area contributed by atoms with Crippen molar-refractivity contribution in [3.05, 3.63) is 48.5 Å². The van der Waals surface area contributed by atoms with E-state index < -0.39 is 0 Å². The van der Waals surface area contributed by atoms with E-state index in [1.807, 2.05) is 55.5 Å². The van der Waals surface area contributed by atoms with Gasteiger partial charge in [0.1, 0.15) is 17.2 Å². The number of rotatable bonds is 4. The van der Waals surface area contributed by atoms with Gasteiger partial charge in [-0.3, -0.25) is 0 Å². The molecule has 2 aromatic rings. The number of nitrogen functional groups attached to an aromatic ring is 1. The normalized spacial score (nSPS) is 9.94. The maximum absolute atomic E-state index is 5.68. The van der Waals surface area contributed by atoms with Crippen LogP contribution in [0.1, 0.15) is 6.92 Å². The first-order chi connectivity index (χ1) is 8.28. The Morgan fingerprint density at radius 3 is 2.35 bits per heavy atom. The van der Waals surface area contributed by atoms with Crippen LogP contribution in [0.2, 0.25) is 0 Å². The summed E-state index contributed by atoms with van der Waals surface area (Å²) in [4.78, 5) is 0. The van der Waals surface area contributed by atoms with Crippen molar-refractivity contribution in [1.29, 1.82) is 0 Å². The second-order valence-electron chi connectivity index (χ2n) is 3.58. The molecule has 0 unspecified atom stereocenters. The van der Waals surface area contributed by atoms with Crippen molar-refractivity contribution in [2.24, 2.45) is 0 Å². The molecular weight excluding hydrogens is 214 g/mol. The van der Waals surface area contributed by atoms with Gasteiger partial charge in [0.25, 0.3) is 0 Å².